The van der Waals surface area contributed by atoms with Gasteiger partial charge in [0, 0.05) is 18.9 Å². The van der Waals surface area contributed by atoms with Crippen LogP contribution in [0, 0.1) is 0 Å². The smallest absolute Gasteiger partial charge is 0.259 e. The van der Waals surface area contributed by atoms with E-state index in [0.717, 1.165) is 11.1 Å². The number of carbonyl (C=O) groups is 1. The molecule has 1 saturated heterocycles. The van der Waals surface area contributed by atoms with Crippen molar-refractivity contribution < 1.29 is 23.1 Å². The molecule has 34 heavy (non-hydrogen) atoms. The molecule has 1 fully saturated rings. The molecule has 1 amide bonds. The molecular formula is C24H28N4O5S. The molecule has 9 nitrogen and oxygen atoms in total. The number of carbonyl (C=O) groups excluding carboxylic acids is 1. The molecule has 1 aliphatic rings. The summed E-state index contributed by atoms with van der Waals surface area (Å²) in [5.74, 6) is -0.207. The zero-order valence-electron chi connectivity index (χ0n) is 18.8. The SMILES string of the molecule is Cn1cnc(S(=O)(=O)N[C@@H]2CC[C@@H](CC(=O)Nc3ccc(-c4ccccc4)cc3)O[C@H]2CO)c1. The standard InChI is InChI=1S/C24H28N4O5S/c1-28-14-24(25-16-28)34(31,32)27-21-12-11-20(33-22(21)15-29)13-23(30)26-19-9-7-18(8-10-19)17-5-3-2-4-6-17/h2-10,14,16,20-22,27,29H,11-13,15H2,1H3,(H,26,30)/t20-,21+,22-/m0/s1. The molecule has 0 bridgehead atoms. The minimum atomic E-state index is -3.84. The highest BCUT2D eigenvalue weighted by Crippen LogP contribution is 2.25. The third-order valence-electron chi connectivity index (χ3n) is 5.75. The number of anilines is 1. The minimum absolute atomic E-state index is 0.0912. The van der Waals surface area contributed by atoms with Crippen molar-refractivity contribution in [1.82, 2.24) is 14.3 Å². The number of sulfonamides is 1. The third kappa shape index (κ3) is 5.89. The Balaban J connectivity index is 1.31. The molecule has 1 aromatic heterocycles. The number of benzene rings is 2. The Hall–Kier alpha value is -3.05. The molecule has 0 aliphatic carbocycles. The molecule has 10 heteroatoms. The number of hydrogen-bond acceptors (Lipinski definition) is 6. The van der Waals surface area contributed by atoms with Crippen molar-refractivity contribution in [2.45, 2.75) is 42.5 Å². The van der Waals surface area contributed by atoms with Gasteiger partial charge >= 0.3 is 0 Å². The number of hydrogen-bond donors (Lipinski definition) is 3. The van der Waals surface area contributed by atoms with Gasteiger partial charge in [-0.15, -0.1) is 0 Å². The van der Waals surface area contributed by atoms with Crippen molar-refractivity contribution in [2.75, 3.05) is 11.9 Å². The fourth-order valence-electron chi connectivity index (χ4n) is 4.00. The van der Waals surface area contributed by atoms with E-state index in [2.05, 4.69) is 15.0 Å². The fourth-order valence-corrected chi connectivity index (χ4v) is 5.28. The van der Waals surface area contributed by atoms with Crippen LogP contribution in [0.4, 0.5) is 5.69 Å². The van der Waals surface area contributed by atoms with Crippen molar-refractivity contribution >= 4 is 21.6 Å². The van der Waals surface area contributed by atoms with Crippen LogP contribution in [-0.4, -0.2) is 53.8 Å². The molecule has 3 N–H and O–H groups in total. The summed E-state index contributed by atoms with van der Waals surface area (Å²) in [5, 5.41) is 12.5. The summed E-state index contributed by atoms with van der Waals surface area (Å²) in [4.78, 5) is 16.4. The maximum atomic E-state index is 12.6. The molecule has 0 saturated carbocycles. The van der Waals surface area contributed by atoms with Gasteiger partial charge in [-0.25, -0.2) is 18.1 Å². The van der Waals surface area contributed by atoms with Crippen molar-refractivity contribution in [2.24, 2.45) is 7.05 Å². The summed E-state index contributed by atoms with van der Waals surface area (Å²) >= 11 is 0. The minimum Gasteiger partial charge on any atom is -0.394 e. The lowest BCUT2D eigenvalue weighted by Crippen LogP contribution is -2.51. The lowest BCUT2D eigenvalue weighted by molar-refractivity contribution is -0.126. The molecular weight excluding hydrogens is 456 g/mol. The van der Waals surface area contributed by atoms with Gasteiger partial charge in [0.2, 0.25) is 5.91 Å². The first kappa shape index (κ1) is 24.1. The highest BCUT2D eigenvalue weighted by molar-refractivity contribution is 7.89. The van der Waals surface area contributed by atoms with Gasteiger partial charge in [-0.3, -0.25) is 4.79 Å². The maximum absolute atomic E-state index is 12.6. The van der Waals surface area contributed by atoms with Gasteiger partial charge in [0.15, 0.2) is 5.03 Å². The van der Waals surface area contributed by atoms with Gasteiger partial charge in [0.25, 0.3) is 10.0 Å². The van der Waals surface area contributed by atoms with Crippen LogP contribution in [0.15, 0.2) is 72.1 Å². The van der Waals surface area contributed by atoms with Gasteiger partial charge in [-0.1, -0.05) is 42.5 Å². The summed E-state index contributed by atoms with van der Waals surface area (Å²) in [7, 11) is -2.16. The number of nitrogens with one attached hydrogen (secondary N) is 2. The Morgan fingerprint density at radius 3 is 2.47 bits per heavy atom. The molecule has 3 aromatic rings. The van der Waals surface area contributed by atoms with E-state index in [4.69, 9.17) is 4.74 Å². The number of ether oxygens (including phenoxy) is 1. The van der Waals surface area contributed by atoms with Crippen LogP contribution >= 0.6 is 0 Å². The molecule has 0 unspecified atom stereocenters. The van der Waals surface area contributed by atoms with Gasteiger partial charge in [0.05, 0.1) is 37.6 Å². The number of aryl methyl sites for hydroxylation is 1. The van der Waals surface area contributed by atoms with Crippen molar-refractivity contribution in [3.63, 3.8) is 0 Å². The largest absolute Gasteiger partial charge is 0.394 e. The van der Waals surface area contributed by atoms with E-state index in [1.165, 1.54) is 12.5 Å². The number of nitrogens with zero attached hydrogens (tertiary/aromatic N) is 2. The third-order valence-corrected chi connectivity index (χ3v) is 7.12. The van der Waals surface area contributed by atoms with Crippen LogP contribution in [0.3, 0.4) is 0 Å². The Morgan fingerprint density at radius 1 is 1.12 bits per heavy atom. The topological polar surface area (TPSA) is 123 Å². The fraction of sp³-hybridized carbons (Fsp3) is 0.333. The number of aliphatic hydroxyl groups is 1. The molecule has 1 aliphatic heterocycles. The van der Waals surface area contributed by atoms with Crippen LogP contribution in [0.5, 0.6) is 0 Å². The zero-order chi connectivity index (χ0) is 24.1. The first-order valence-corrected chi connectivity index (χ1v) is 12.5. The number of rotatable bonds is 8. The zero-order valence-corrected chi connectivity index (χ0v) is 19.6. The van der Waals surface area contributed by atoms with E-state index in [0.29, 0.717) is 18.5 Å². The lowest BCUT2D eigenvalue weighted by Gasteiger charge is -2.35. The van der Waals surface area contributed by atoms with Crippen molar-refractivity contribution in [3.05, 3.63) is 67.1 Å². The lowest BCUT2D eigenvalue weighted by atomic mass is 9.98. The van der Waals surface area contributed by atoms with Crippen LogP contribution in [-0.2, 0) is 26.6 Å². The molecule has 3 atom stereocenters. The number of aromatic nitrogens is 2. The quantitative estimate of drug-likeness (QED) is 0.451. The van der Waals surface area contributed by atoms with Crippen LogP contribution in [0.25, 0.3) is 11.1 Å². The highest BCUT2D eigenvalue weighted by Gasteiger charge is 2.35. The molecule has 2 aromatic carbocycles. The van der Waals surface area contributed by atoms with Gasteiger partial charge < -0.3 is 19.7 Å². The van der Waals surface area contributed by atoms with Crippen LogP contribution < -0.4 is 10.0 Å². The second-order valence-electron chi connectivity index (χ2n) is 8.36. The van der Waals surface area contributed by atoms with E-state index in [1.54, 1.807) is 11.6 Å². The summed E-state index contributed by atoms with van der Waals surface area (Å²) < 4.78 is 35.1. The van der Waals surface area contributed by atoms with Crippen LogP contribution in [0.2, 0.25) is 0 Å². The number of imidazole rings is 1. The first-order chi connectivity index (χ1) is 16.3. The monoisotopic (exact) mass is 484 g/mol. The Labute approximate surface area is 198 Å². The molecule has 180 valence electrons. The van der Waals surface area contributed by atoms with Crippen LogP contribution in [0.1, 0.15) is 19.3 Å². The maximum Gasteiger partial charge on any atom is 0.259 e. The molecule has 2 heterocycles. The van der Waals surface area contributed by atoms with Gasteiger partial charge in [-0.05, 0) is 36.1 Å². The van der Waals surface area contributed by atoms with Gasteiger partial charge in [0.1, 0.15) is 0 Å². The number of aliphatic hydroxyl groups excluding tert-OH is 1. The molecule has 0 spiro atoms. The second-order valence-corrected chi connectivity index (χ2v) is 10.0. The average Bonchev–Trinajstić information content (AvgIpc) is 3.28. The van der Waals surface area contributed by atoms with Crippen molar-refractivity contribution in [1.29, 1.82) is 0 Å². The van der Waals surface area contributed by atoms with Crippen molar-refractivity contribution in [3.8, 4) is 11.1 Å². The van der Waals surface area contributed by atoms with E-state index < -0.39 is 28.3 Å². The first-order valence-electron chi connectivity index (χ1n) is 11.1. The average molecular weight is 485 g/mol. The highest BCUT2D eigenvalue weighted by atomic mass is 32.2. The summed E-state index contributed by atoms with van der Waals surface area (Å²) in [6.07, 6.45) is 2.65. The Bertz CT molecular complexity index is 1210. The number of amides is 1. The van der Waals surface area contributed by atoms with Gasteiger partial charge in [-0.2, -0.15) is 0 Å². The predicted molar refractivity (Wildman–Crippen MR) is 127 cm³/mol. The summed E-state index contributed by atoms with van der Waals surface area (Å²) in [6, 6.07) is 16.9. The predicted octanol–water partition coefficient (Wildman–Crippen LogP) is 2.30. The Kier molecular flexibility index (Phi) is 7.42. The molecule has 4 rings (SSSR count). The Morgan fingerprint density at radius 2 is 1.82 bits per heavy atom. The second kappa shape index (κ2) is 10.5. The van der Waals surface area contributed by atoms with E-state index in [1.807, 2.05) is 54.6 Å². The van der Waals surface area contributed by atoms with E-state index in [-0.39, 0.29) is 24.0 Å². The summed E-state index contributed by atoms with van der Waals surface area (Å²) in [5.41, 5.74) is 2.83. The van der Waals surface area contributed by atoms with E-state index in [9.17, 15) is 18.3 Å². The van der Waals surface area contributed by atoms with E-state index >= 15 is 0 Å². The summed E-state index contributed by atoms with van der Waals surface area (Å²) in [6.45, 7) is -0.367. The normalized spacial score (nSPS) is 20.7. The molecule has 0 radical (unpaired) electrons.